The van der Waals surface area contributed by atoms with Crippen molar-refractivity contribution in [1.82, 2.24) is 9.97 Å². The number of aromatic nitrogens is 2. The Bertz CT molecular complexity index is 1870. The molecule has 8 rings (SSSR count). The molecule has 2 aromatic heterocycles. The molecule has 0 amide bonds. The fraction of sp³-hybridized carbons (Fsp3) is 0.306. The minimum Gasteiger partial charge on any atom is -0.388 e. The number of hydrogen-bond donors (Lipinski definition) is 1. The molecule has 2 aromatic carbocycles. The Hall–Kier alpha value is -4.29. The zero-order valence-corrected chi connectivity index (χ0v) is 23.6. The lowest BCUT2D eigenvalue weighted by atomic mass is 9.80. The normalized spacial score (nSPS) is 22.4. The van der Waals surface area contributed by atoms with E-state index in [4.69, 9.17) is 4.98 Å². The lowest BCUT2D eigenvalue weighted by Crippen LogP contribution is -2.18. The van der Waals surface area contributed by atoms with Crippen LogP contribution in [0.3, 0.4) is 0 Å². The number of aliphatic hydroxyl groups excluding tert-OH is 1. The van der Waals surface area contributed by atoms with Crippen LogP contribution in [0.4, 0.5) is 0 Å². The summed E-state index contributed by atoms with van der Waals surface area (Å²) >= 11 is 0. The smallest absolute Gasteiger partial charge is 0.165 e. The minimum absolute atomic E-state index is 0.0427. The van der Waals surface area contributed by atoms with Crippen LogP contribution in [0.2, 0.25) is 0 Å². The van der Waals surface area contributed by atoms with E-state index in [0.717, 1.165) is 69.0 Å². The Morgan fingerprint density at radius 2 is 1.48 bits per heavy atom. The number of benzene rings is 2. The van der Waals surface area contributed by atoms with Crippen LogP contribution in [-0.2, 0) is 9.59 Å². The van der Waals surface area contributed by atoms with Crippen molar-refractivity contribution >= 4 is 50.3 Å². The number of aliphatic hydroxyl groups is 1. The summed E-state index contributed by atoms with van der Waals surface area (Å²) in [6.07, 6.45) is 6.17. The quantitative estimate of drug-likeness (QED) is 0.292. The number of allylic oxidation sites excluding steroid dienone is 4. The van der Waals surface area contributed by atoms with E-state index in [1.165, 1.54) is 0 Å². The maximum atomic E-state index is 12.5. The molecule has 0 fully saturated rings. The second-order valence-electron chi connectivity index (χ2n) is 11.9. The highest BCUT2D eigenvalue weighted by molar-refractivity contribution is 6.12. The average molecular weight is 557 g/mol. The van der Waals surface area contributed by atoms with Crippen molar-refractivity contribution in [3.63, 3.8) is 0 Å². The number of ketones is 3. The highest BCUT2D eigenvalue weighted by Gasteiger charge is 2.40. The molecular formula is C36H32N2O4. The molecule has 0 bridgehead atoms. The SMILES string of the molecule is CCCCC1=C2c3nc4ccccc4cc3C(O)CC2CC1=O.O=C1C=C2c3nc4ccccc4cc3C(=O)CC2C1. The number of Topliss-reactive ketones (excluding diaryl/α,β-unsaturated/α-hetero) is 2. The van der Waals surface area contributed by atoms with Crippen LogP contribution in [0.5, 0.6) is 0 Å². The van der Waals surface area contributed by atoms with Crippen LogP contribution in [0.25, 0.3) is 33.0 Å². The van der Waals surface area contributed by atoms with E-state index in [9.17, 15) is 19.5 Å². The Morgan fingerprint density at radius 1 is 0.810 bits per heavy atom. The van der Waals surface area contributed by atoms with E-state index >= 15 is 0 Å². The average Bonchev–Trinajstić information content (AvgIpc) is 3.52. The number of carbonyl (C=O) groups excluding carboxylic acids is 3. The predicted molar refractivity (Wildman–Crippen MR) is 163 cm³/mol. The van der Waals surface area contributed by atoms with Gasteiger partial charge in [-0.2, -0.15) is 0 Å². The molecule has 4 aliphatic carbocycles. The van der Waals surface area contributed by atoms with Gasteiger partial charge in [-0.25, -0.2) is 9.97 Å². The first-order valence-corrected chi connectivity index (χ1v) is 14.9. The van der Waals surface area contributed by atoms with Gasteiger partial charge in [0.05, 0.1) is 28.5 Å². The second-order valence-corrected chi connectivity index (χ2v) is 11.9. The number of carbonyl (C=O) groups is 3. The van der Waals surface area contributed by atoms with E-state index in [1.54, 1.807) is 6.08 Å². The van der Waals surface area contributed by atoms with Crippen molar-refractivity contribution < 1.29 is 19.5 Å². The molecule has 0 saturated heterocycles. The topological polar surface area (TPSA) is 97.2 Å². The second kappa shape index (κ2) is 10.5. The summed E-state index contributed by atoms with van der Waals surface area (Å²) in [5, 5.41) is 12.6. The largest absolute Gasteiger partial charge is 0.388 e. The van der Waals surface area contributed by atoms with Gasteiger partial charge in [-0.15, -0.1) is 0 Å². The van der Waals surface area contributed by atoms with Gasteiger partial charge < -0.3 is 5.11 Å². The van der Waals surface area contributed by atoms with Gasteiger partial charge in [0.1, 0.15) is 0 Å². The molecule has 4 aromatic rings. The summed E-state index contributed by atoms with van der Waals surface area (Å²) in [4.78, 5) is 45.7. The van der Waals surface area contributed by atoms with Crippen LogP contribution in [0.1, 0.15) is 85.3 Å². The molecule has 6 nitrogen and oxygen atoms in total. The van der Waals surface area contributed by atoms with Gasteiger partial charge in [0.2, 0.25) is 0 Å². The van der Waals surface area contributed by atoms with Gasteiger partial charge in [-0.1, -0.05) is 49.7 Å². The third kappa shape index (κ3) is 4.51. The van der Waals surface area contributed by atoms with E-state index in [0.29, 0.717) is 36.9 Å². The Labute approximate surface area is 244 Å². The van der Waals surface area contributed by atoms with Crippen molar-refractivity contribution in [2.24, 2.45) is 11.8 Å². The van der Waals surface area contributed by atoms with Crippen molar-refractivity contribution in [3.05, 3.63) is 94.8 Å². The third-order valence-electron chi connectivity index (χ3n) is 9.09. The maximum Gasteiger partial charge on any atom is 0.165 e. The number of unbranched alkanes of at least 4 members (excludes halogenated alkanes) is 1. The van der Waals surface area contributed by atoms with Gasteiger partial charge in [0, 0.05) is 52.7 Å². The number of hydrogen-bond acceptors (Lipinski definition) is 6. The molecule has 210 valence electrons. The van der Waals surface area contributed by atoms with Crippen molar-refractivity contribution in [1.29, 1.82) is 0 Å². The van der Waals surface area contributed by atoms with Crippen LogP contribution >= 0.6 is 0 Å². The molecule has 3 unspecified atom stereocenters. The van der Waals surface area contributed by atoms with Crippen molar-refractivity contribution in [2.45, 2.75) is 58.0 Å². The van der Waals surface area contributed by atoms with Gasteiger partial charge in [-0.05, 0) is 66.7 Å². The summed E-state index contributed by atoms with van der Waals surface area (Å²) in [6.45, 7) is 2.15. The van der Waals surface area contributed by atoms with E-state index in [-0.39, 0.29) is 29.2 Å². The fourth-order valence-electron chi connectivity index (χ4n) is 7.04. The maximum absolute atomic E-state index is 12.5. The van der Waals surface area contributed by atoms with Crippen molar-refractivity contribution in [3.8, 4) is 0 Å². The minimum atomic E-state index is -0.519. The first kappa shape index (κ1) is 26.6. The summed E-state index contributed by atoms with van der Waals surface area (Å²) in [5.74, 6) is 0.654. The monoisotopic (exact) mass is 556 g/mol. The molecule has 0 radical (unpaired) electrons. The zero-order chi connectivity index (χ0) is 29.0. The van der Waals surface area contributed by atoms with Crippen LogP contribution in [0.15, 0.2) is 72.3 Å². The van der Waals surface area contributed by atoms with Gasteiger partial charge in [0.15, 0.2) is 17.3 Å². The molecule has 3 atom stereocenters. The zero-order valence-electron chi connectivity index (χ0n) is 23.6. The standard InChI is InChI=1S/C20H21NO2.C16H11NO2/c1-2-3-7-14-17(22)10-13-11-18(23)15-9-12-6-4-5-8-16(12)21-20(15)19(13)14;18-11-5-10-7-15(19)13-6-9-3-1-2-4-14(9)17-16(13)12(10)8-11/h4-6,8-9,13,18,23H,2-3,7,10-11H2,1H3;1-4,6,8,10H,5,7H2. The lowest BCUT2D eigenvalue weighted by molar-refractivity contribution is -0.116. The van der Waals surface area contributed by atoms with Crippen molar-refractivity contribution in [2.75, 3.05) is 0 Å². The molecule has 6 heteroatoms. The lowest BCUT2D eigenvalue weighted by Gasteiger charge is -2.28. The first-order valence-electron chi connectivity index (χ1n) is 14.9. The van der Waals surface area contributed by atoms with Crippen LogP contribution in [0, 0.1) is 11.8 Å². The Morgan fingerprint density at radius 3 is 2.21 bits per heavy atom. The molecule has 1 N–H and O–H groups in total. The van der Waals surface area contributed by atoms with Gasteiger partial charge in [0.25, 0.3) is 0 Å². The van der Waals surface area contributed by atoms with Crippen LogP contribution in [-0.4, -0.2) is 32.4 Å². The van der Waals surface area contributed by atoms with E-state index in [2.05, 4.69) is 11.9 Å². The summed E-state index contributed by atoms with van der Waals surface area (Å²) in [6, 6.07) is 19.7. The number of fused-ring (bicyclic) bond motifs is 8. The molecule has 0 aliphatic heterocycles. The number of para-hydroxylation sites is 2. The van der Waals surface area contributed by atoms with E-state index in [1.807, 2.05) is 60.7 Å². The Balaban J connectivity index is 0.000000139. The van der Waals surface area contributed by atoms with Gasteiger partial charge >= 0.3 is 0 Å². The number of rotatable bonds is 3. The Kier molecular flexibility index (Phi) is 6.66. The third-order valence-corrected chi connectivity index (χ3v) is 9.09. The predicted octanol–water partition coefficient (Wildman–Crippen LogP) is 7.00. The molecule has 0 saturated carbocycles. The highest BCUT2D eigenvalue weighted by Crippen LogP contribution is 2.49. The van der Waals surface area contributed by atoms with Gasteiger partial charge in [-0.3, -0.25) is 14.4 Å². The summed E-state index contributed by atoms with van der Waals surface area (Å²) < 4.78 is 0. The van der Waals surface area contributed by atoms with E-state index < -0.39 is 6.10 Å². The first-order chi connectivity index (χ1) is 20.4. The fourth-order valence-corrected chi connectivity index (χ4v) is 7.04. The molecule has 4 aliphatic rings. The summed E-state index contributed by atoms with van der Waals surface area (Å²) in [7, 11) is 0. The molecule has 0 spiro atoms. The number of pyridine rings is 2. The summed E-state index contributed by atoms with van der Waals surface area (Å²) in [5.41, 5.74) is 7.97. The highest BCUT2D eigenvalue weighted by atomic mass is 16.3. The number of nitrogens with zero attached hydrogens (tertiary/aromatic N) is 2. The molecule has 2 heterocycles. The van der Waals surface area contributed by atoms with Crippen LogP contribution < -0.4 is 0 Å². The molecule has 42 heavy (non-hydrogen) atoms. The molecular weight excluding hydrogens is 524 g/mol.